The number of carbonyl (C=O) groups excluding carboxylic acids is 1. The van der Waals surface area contributed by atoms with Crippen molar-refractivity contribution >= 4 is 30.7 Å². The largest absolute Gasteiger partial charge is 0.337 e. The minimum absolute atomic E-state index is 0. The Bertz CT molecular complexity index is 694. The molecule has 0 spiro atoms. The second kappa shape index (κ2) is 13.6. The van der Waals surface area contributed by atoms with E-state index in [1.807, 2.05) is 24.3 Å². The molecule has 6 heteroatoms. The molecule has 1 aliphatic rings. The Morgan fingerprint density at radius 3 is 1.93 bits per heavy atom. The highest BCUT2D eigenvalue weighted by molar-refractivity contribution is 5.85. The highest BCUT2D eigenvalue weighted by atomic mass is 35.5. The smallest absolute Gasteiger partial charge is 0.226 e. The Balaban J connectivity index is 0.00000210. The van der Waals surface area contributed by atoms with Crippen LogP contribution in [0.5, 0.6) is 0 Å². The van der Waals surface area contributed by atoms with Crippen LogP contribution in [-0.4, -0.2) is 48.9 Å². The number of hydrogen-bond donors (Lipinski definition) is 1. The van der Waals surface area contributed by atoms with Crippen molar-refractivity contribution in [1.82, 2.24) is 15.1 Å². The van der Waals surface area contributed by atoms with Gasteiger partial charge in [0.1, 0.15) is 0 Å². The van der Waals surface area contributed by atoms with Gasteiger partial charge in [-0.05, 0) is 44.1 Å². The Hall–Kier alpha value is -1.59. The Labute approximate surface area is 187 Å². The predicted octanol–water partition coefficient (Wildman–Crippen LogP) is 3.99. The highest BCUT2D eigenvalue weighted by Gasteiger charge is 2.26. The van der Waals surface area contributed by atoms with Crippen molar-refractivity contribution < 1.29 is 4.79 Å². The first kappa shape index (κ1) is 25.4. The predicted molar refractivity (Wildman–Crippen MR) is 125 cm³/mol. The minimum atomic E-state index is 0. The SMILES string of the molecule is CN(CCN(Cc1ccccc1)C(=O)C1CCNCC1)Cc1ccccc1.Cl.Cl. The van der Waals surface area contributed by atoms with Crippen LogP contribution in [-0.2, 0) is 17.9 Å². The summed E-state index contributed by atoms with van der Waals surface area (Å²) < 4.78 is 0. The molecule has 0 radical (unpaired) electrons. The molecular formula is C23H33Cl2N3O. The van der Waals surface area contributed by atoms with Crippen LogP contribution in [0.1, 0.15) is 24.0 Å². The molecule has 1 aliphatic heterocycles. The lowest BCUT2D eigenvalue weighted by molar-refractivity contribution is -0.137. The summed E-state index contributed by atoms with van der Waals surface area (Å²) in [4.78, 5) is 17.5. The van der Waals surface area contributed by atoms with E-state index >= 15 is 0 Å². The summed E-state index contributed by atoms with van der Waals surface area (Å²) in [5.74, 6) is 0.475. The van der Waals surface area contributed by atoms with E-state index in [1.54, 1.807) is 0 Å². The lowest BCUT2D eigenvalue weighted by Crippen LogP contribution is -2.43. The van der Waals surface area contributed by atoms with Gasteiger partial charge in [0.2, 0.25) is 5.91 Å². The zero-order valence-electron chi connectivity index (χ0n) is 17.1. The molecule has 1 fully saturated rings. The molecule has 2 aromatic rings. The summed E-state index contributed by atoms with van der Waals surface area (Å²) in [5.41, 5.74) is 2.50. The molecule has 0 aromatic heterocycles. The lowest BCUT2D eigenvalue weighted by atomic mass is 9.96. The van der Waals surface area contributed by atoms with Gasteiger partial charge in [0.25, 0.3) is 0 Å². The molecule has 29 heavy (non-hydrogen) atoms. The van der Waals surface area contributed by atoms with Gasteiger partial charge in [0.05, 0.1) is 0 Å². The number of hydrogen-bond acceptors (Lipinski definition) is 3. The molecule has 2 aromatic carbocycles. The lowest BCUT2D eigenvalue weighted by Gasteiger charge is -2.31. The maximum atomic E-state index is 13.2. The topological polar surface area (TPSA) is 35.6 Å². The van der Waals surface area contributed by atoms with E-state index in [2.05, 4.69) is 58.6 Å². The summed E-state index contributed by atoms with van der Waals surface area (Å²) in [6, 6.07) is 20.8. The molecule has 0 unspecified atom stereocenters. The van der Waals surface area contributed by atoms with E-state index in [-0.39, 0.29) is 30.7 Å². The van der Waals surface area contributed by atoms with Crippen LogP contribution >= 0.6 is 24.8 Å². The van der Waals surface area contributed by atoms with Crippen LogP contribution in [0.3, 0.4) is 0 Å². The van der Waals surface area contributed by atoms with E-state index in [0.717, 1.165) is 45.6 Å². The third-order valence-corrected chi connectivity index (χ3v) is 5.26. The number of amides is 1. The average Bonchev–Trinajstić information content (AvgIpc) is 2.73. The minimum Gasteiger partial charge on any atom is -0.337 e. The third-order valence-electron chi connectivity index (χ3n) is 5.26. The fourth-order valence-electron chi connectivity index (χ4n) is 3.66. The maximum Gasteiger partial charge on any atom is 0.226 e. The standard InChI is InChI=1S/C23H31N3O.2ClH/c1-25(18-20-8-4-2-5-9-20)16-17-26(19-21-10-6-3-7-11-21)23(27)22-12-14-24-15-13-22;;/h2-11,22,24H,12-19H2,1H3;2*1H. The number of nitrogens with zero attached hydrogens (tertiary/aromatic N) is 2. The van der Waals surface area contributed by atoms with Crippen molar-refractivity contribution in [3.05, 3.63) is 71.8 Å². The van der Waals surface area contributed by atoms with Gasteiger partial charge < -0.3 is 15.1 Å². The Kier molecular flexibility index (Phi) is 11.9. The molecule has 0 saturated carbocycles. The number of benzene rings is 2. The zero-order chi connectivity index (χ0) is 18.9. The van der Waals surface area contributed by atoms with Gasteiger partial charge in [-0.15, -0.1) is 24.8 Å². The van der Waals surface area contributed by atoms with E-state index in [9.17, 15) is 4.79 Å². The molecule has 1 N–H and O–H groups in total. The summed E-state index contributed by atoms with van der Waals surface area (Å²) in [6.07, 6.45) is 1.90. The van der Waals surface area contributed by atoms with E-state index in [1.165, 1.54) is 11.1 Å². The number of nitrogens with one attached hydrogen (secondary N) is 1. The first-order valence-corrected chi connectivity index (χ1v) is 9.98. The van der Waals surface area contributed by atoms with Crippen molar-refractivity contribution in [3.63, 3.8) is 0 Å². The summed E-state index contributed by atoms with van der Waals surface area (Å²) in [5, 5.41) is 3.36. The van der Waals surface area contributed by atoms with Crippen molar-refractivity contribution in [1.29, 1.82) is 0 Å². The van der Waals surface area contributed by atoms with Crippen LogP contribution in [0.25, 0.3) is 0 Å². The normalized spacial score (nSPS) is 14.0. The van der Waals surface area contributed by atoms with Gasteiger partial charge in [0.15, 0.2) is 0 Å². The first-order valence-electron chi connectivity index (χ1n) is 9.98. The third kappa shape index (κ3) is 8.35. The van der Waals surface area contributed by atoms with Gasteiger partial charge in [-0.1, -0.05) is 60.7 Å². The molecule has 3 rings (SSSR count). The molecule has 160 valence electrons. The summed E-state index contributed by atoms with van der Waals surface area (Å²) in [6.45, 7) is 5.14. The second-order valence-corrected chi connectivity index (χ2v) is 7.49. The van der Waals surface area contributed by atoms with Crippen molar-refractivity contribution in [2.24, 2.45) is 5.92 Å². The van der Waals surface area contributed by atoms with Gasteiger partial charge in [-0.3, -0.25) is 4.79 Å². The molecular weight excluding hydrogens is 405 g/mol. The number of piperidine rings is 1. The number of likely N-dealkylation sites (N-methyl/N-ethyl adjacent to an activating group) is 1. The van der Waals surface area contributed by atoms with Gasteiger partial charge >= 0.3 is 0 Å². The van der Waals surface area contributed by atoms with E-state index in [4.69, 9.17) is 0 Å². The van der Waals surface area contributed by atoms with Gasteiger partial charge in [-0.25, -0.2) is 0 Å². The monoisotopic (exact) mass is 437 g/mol. The fraction of sp³-hybridized carbons (Fsp3) is 0.435. The van der Waals surface area contributed by atoms with Crippen LogP contribution in [0.4, 0.5) is 0 Å². The molecule has 1 heterocycles. The zero-order valence-corrected chi connectivity index (χ0v) is 18.8. The maximum absolute atomic E-state index is 13.2. The van der Waals surface area contributed by atoms with Crippen LogP contribution < -0.4 is 5.32 Å². The van der Waals surface area contributed by atoms with Gasteiger partial charge in [-0.2, -0.15) is 0 Å². The average molecular weight is 438 g/mol. The molecule has 1 amide bonds. The number of halogens is 2. The van der Waals surface area contributed by atoms with E-state index in [0.29, 0.717) is 12.5 Å². The second-order valence-electron chi connectivity index (χ2n) is 7.49. The molecule has 4 nitrogen and oxygen atoms in total. The quantitative estimate of drug-likeness (QED) is 0.677. The van der Waals surface area contributed by atoms with Crippen molar-refractivity contribution in [2.45, 2.75) is 25.9 Å². The van der Waals surface area contributed by atoms with Crippen LogP contribution in [0, 0.1) is 5.92 Å². The molecule has 1 saturated heterocycles. The molecule has 0 atom stereocenters. The van der Waals surface area contributed by atoms with Crippen molar-refractivity contribution in [2.75, 3.05) is 33.2 Å². The van der Waals surface area contributed by atoms with Gasteiger partial charge in [0, 0.05) is 32.1 Å². The summed E-state index contributed by atoms with van der Waals surface area (Å²) in [7, 11) is 2.13. The van der Waals surface area contributed by atoms with Crippen LogP contribution in [0.2, 0.25) is 0 Å². The molecule has 0 bridgehead atoms. The highest BCUT2D eigenvalue weighted by Crippen LogP contribution is 2.17. The van der Waals surface area contributed by atoms with Crippen LogP contribution in [0.15, 0.2) is 60.7 Å². The number of carbonyl (C=O) groups is 1. The molecule has 0 aliphatic carbocycles. The number of rotatable bonds is 8. The fourth-order valence-corrected chi connectivity index (χ4v) is 3.66. The van der Waals surface area contributed by atoms with E-state index < -0.39 is 0 Å². The first-order chi connectivity index (χ1) is 13.2. The summed E-state index contributed by atoms with van der Waals surface area (Å²) >= 11 is 0. The van der Waals surface area contributed by atoms with Crippen molar-refractivity contribution in [3.8, 4) is 0 Å². The Morgan fingerprint density at radius 1 is 0.862 bits per heavy atom. The Morgan fingerprint density at radius 2 is 1.38 bits per heavy atom.